The summed E-state index contributed by atoms with van der Waals surface area (Å²) in [5.74, 6) is 1.15. The number of aromatic nitrogens is 2. The van der Waals surface area contributed by atoms with Gasteiger partial charge in [-0.3, -0.25) is 14.7 Å². The second-order valence-electron chi connectivity index (χ2n) is 7.15. The van der Waals surface area contributed by atoms with E-state index in [-0.39, 0.29) is 5.91 Å². The molecule has 0 aliphatic heterocycles. The van der Waals surface area contributed by atoms with Crippen LogP contribution in [0.5, 0.6) is 5.75 Å². The minimum atomic E-state index is 0.0195. The monoisotopic (exact) mass is 449 g/mol. The highest BCUT2D eigenvalue weighted by Gasteiger charge is 2.21. The van der Waals surface area contributed by atoms with Gasteiger partial charge in [0.25, 0.3) is 0 Å². The number of hydrogen-bond acceptors (Lipinski definition) is 6. The zero-order chi connectivity index (χ0) is 21.8. The molecule has 0 saturated carbocycles. The molecule has 0 radical (unpaired) electrons. The summed E-state index contributed by atoms with van der Waals surface area (Å²) in [6.07, 6.45) is 3.49. The molecule has 0 atom stereocenters. The number of amides is 1. The fourth-order valence-corrected chi connectivity index (χ4v) is 4.97. The third-order valence-corrected chi connectivity index (χ3v) is 7.16. The molecule has 31 heavy (non-hydrogen) atoms. The lowest BCUT2D eigenvalue weighted by Gasteiger charge is -2.20. The van der Waals surface area contributed by atoms with Crippen LogP contribution >= 0.6 is 23.1 Å². The molecule has 0 unspecified atom stereocenters. The molecule has 0 aliphatic carbocycles. The molecule has 0 bridgehead atoms. The first kappa shape index (κ1) is 21.3. The number of carbonyl (C=O) groups is 1. The van der Waals surface area contributed by atoms with Crippen LogP contribution < -0.4 is 9.64 Å². The van der Waals surface area contributed by atoms with E-state index >= 15 is 0 Å². The molecular weight excluding hydrogens is 426 g/mol. The van der Waals surface area contributed by atoms with Crippen molar-refractivity contribution in [3.05, 3.63) is 77.6 Å². The SMILES string of the molecule is COc1ccc(SCC(=O)N(Cc2ccncc2)c2nc3c(C)c(C)ccc3s2)cc1. The Balaban J connectivity index is 1.60. The lowest BCUT2D eigenvalue weighted by molar-refractivity contribution is -0.116. The van der Waals surface area contributed by atoms with E-state index in [2.05, 4.69) is 31.0 Å². The molecule has 0 spiro atoms. The van der Waals surface area contributed by atoms with Gasteiger partial charge in [0.2, 0.25) is 5.91 Å². The summed E-state index contributed by atoms with van der Waals surface area (Å²) >= 11 is 3.07. The molecule has 1 amide bonds. The Labute approximate surface area is 190 Å². The summed E-state index contributed by atoms with van der Waals surface area (Å²) in [7, 11) is 1.64. The number of rotatable bonds is 7. The number of fused-ring (bicyclic) bond motifs is 1. The van der Waals surface area contributed by atoms with Crippen molar-refractivity contribution in [2.45, 2.75) is 25.3 Å². The molecule has 0 fully saturated rings. The number of anilines is 1. The molecule has 7 heteroatoms. The molecule has 5 nitrogen and oxygen atoms in total. The number of hydrogen-bond donors (Lipinski definition) is 0. The normalized spacial score (nSPS) is 10.9. The number of ether oxygens (including phenoxy) is 1. The predicted molar refractivity (Wildman–Crippen MR) is 128 cm³/mol. The zero-order valence-electron chi connectivity index (χ0n) is 17.7. The van der Waals surface area contributed by atoms with Crippen molar-refractivity contribution in [1.82, 2.24) is 9.97 Å². The van der Waals surface area contributed by atoms with E-state index in [1.165, 1.54) is 17.3 Å². The number of benzene rings is 2. The summed E-state index contributed by atoms with van der Waals surface area (Å²) in [5.41, 5.74) is 4.34. The van der Waals surface area contributed by atoms with Crippen molar-refractivity contribution in [1.29, 1.82) is 0 Å². The highest BCUT2D eigenvalue weighted by atomic mass is 32.2. The highest BCUT2D eigenvalue weighted by molar-refractivity contribution is 8.00. The van der Waals surface area contributed by atoms with Crippen molar-refractivity contribution < 1.29 is 9.53 Å². The summed E-state index contributed by atoms with van der Waals surface area (Å²) in [5, 5.41) is 0.723. The van der Waals surface area contributed by atoms with Crippen LogP contribution in [0.1, 0.15) is 16.7 Å². The van der Waals surface area contributed by atoms with Gasteiger partial charge in [-0.2, -0.15) is 0 Å². The molecule has 0 saturated heterocycles. The largest absolute Gasteiger partial charge is 0.497 e. The van der Waals surface area contributed by atoms with Crippen LogP contribution in [0.4, 0.5) is 5.13 Å². The van der Waals surface area contributed by atoms with E-state index in [0.717, 1.165) is 37.1 Å². The Morgan fingerprint density at radius 2 is 1.81 bits per heavy atom. The lowest BCUT2D eigenvalue weighted by atomic mass is 10.1. The van der Waals surface area contributed by atoms with E-state index in [9.17, 15) is 4.79 Å². The van der Waals surface area contributed by atoms with Gasteiger partial charge in [-0.25, -0.2) is 4.98 Å². The topological polar surface area (TPSA) is 55.3 Å². The van der Waals surface area contributed by atoms with Crippen LogP contribution in [0.15, 0.2) is 65.8 Å². The van der Waals surface area contributed by atoms with Crippen molar-refractivity contribution in [3.8, 4) is 5.75 Å². The van der Waals surface area contributed by atoms with Crippen LogP contribution in [0.25, 0.3) is 10.2 Å². The van der Waals surface area contributed by atoms with E-state index in [1.54, 1.807) is 35.7 Å². The summed E-state index contributed by atoms with van der Waals surface area (Å²) < 4.78 is 6.30. The van der Waals surface area contributed by atoms with Crippen LogP contribution in [0, 0.1) is 13.8 Å². The minimum absolute atomic E-state index is 0.0195. The predicted octanol–water partition coefficient (Wildman–Crippen LogP) is 5.64. The quantitative estimate of drug-likeness (QED) is 0.342. The molecule has 0 aliphatic rings. The number of nitrogens with zero attached hydrogens (tertiary/aromatic N) is 3. The molecule has 158 valence electrons. The Morgan fingerprint density at radius 1 is 1.06 bits per heavy atom. The number of carbonyl (C=O) groups excluding carboxylic acids is 1. The number of pyridine rings is 1. The first-order chi connectivity index (χ1) is 15.0. The molecule has 2 aromatic heterocycles. The van der Waals surface area contributed by atoms with Crippen LogP contribution in [0.2, 0.25) is 0 Å². The smallest absolute Gasteiger partial charge is 0.239 e. The third-order valence-electron chi connectivity index (χ3n) is 5.12. The molecular formula is C24H23N3O2S2. The third kappa shape index (κ3) is 4.89. The Morgan fingerprint density at radius 3 is 2.52 bits per heavy atom. The first-order valence-corrected chi connectivity index (χ1v) is 11.7. The number of methoxy groups -OCH3 is 1. The first-order valence-electron chi connectivity index (χ1n) is 9.88. The van der Waals surface area contributed by atoms with Crippen molar-refractivity contribution in [2.75, 3.05) is 17.8 Å². The van der Waals surface area contributed by atoms with Crippen LogP contribution in [0.3, 0.4) is 0 Å². The second-order valence-corrected chi connectivity index (χ2v) is 9.21. The summed E-state index contributed by atoms with van der Waals surface area (Å²) in [4.78, 5) is 25.0. The van der Waals surface area contributed by atoms with Crippen LogP contribution in [-0.2, 0) is 11.3 Å². The van der Waals surface area contributed by atoms with Crippen LogP contribution in [-0.4, -0.2) is 28.7 Å². The second kappa shape index (κ2) is 9.49. The maximum Gasteiger partial charge on any atom is 0.239 e. The standard InChI is InChI=1S/C24H23N3O2S2/c1-16-4-9-21-23(17(16)2)26-24(31-21)27(14-18-10-12-25-13-11-18)22(28)15-30-20-7-5-19(29-3)6-8-20/h4-13H,14-15H2,1-3H3. The molecule has 2 heterocycles. The Hall–Kier alpha value is -2.90. The van der Waals surface area contributed by atoms with E-state index in [0.29, 0.717) is 12.3 Å². The van der Waals surface area contributed by atoms with Gasteiger partial charge in [0.1, 0.15) is 5.75 Å². The van der Waals surface area contributed by atoms with E-state index in [4.69, 9.17) is 9.72 Å². The maximum atomic E-state index is 13.3. The van der Waals surface area contributed by atoms with Crippen molar-refractivity contribution >= 4 is 44.4 Å². The number of aryl methyl sites for hydroxylation is 2. The highest BCUT2D eigenvalue weighted by Crippen LogP contribution is 2.33. The van der Waals surface area contributed by atoms with Gasteiger partial charge < -0.3 is 4.74 Å². The average Bonchev–Trinajstić information content (AvgIpc) is 3.24. The van der Waals surface area contributed by atoms with E-state index in [1.807, 2.05) is 36.4 Å². The van der Waals surface area contributed by atoms with Gasteiger partial charge in [0.15, 0.2) is 5.13 Å². The zero-order valence-corrected chi connectivity index (χ0v) is 19.3. The van der Waals surface area contributed by atoms with Gasteiger partial charge in [-0.15, -0.1) is 11.8 Å². The molecule has 2 aromatic carbocycles. The summed E-state index contributed by atoms with van der Waals surface area (Å²) in [6.45, 7) is 4.62. The molecule has 4 rings (SSSR count). The van der Waals surface area contributed by atoms with Gasteiger partial charge in [0.05, 0.1) is 29.6 Å². The van der Waals surface area contributed by atoms with Gasteiger partial charge in [0, 0.05) is 17.3 Å². The fraction of sp³-hybridized carbons (Fsp3) is 0.208. The van der Waals surface area contributed by atoms with Crippen molar-refractivity contribution in [3.63, 3.8) is 0 Å². The molecule has 4 aromatic rings. The van der Waals surface area contributed by atoms with Gasteiger partial charge in [-0.1, -0.05) is 17.4 Å². The maximum absolute atomic E-state index is 13.3. The lowest BCUT2D eigenvalue weighted by Crippen LogP contribution is -2.31. The Bertz CT molecular complexity index is 1190. The van der Waals surface area contributed by atoms with Gasteiger partial charge in [-0.05, 0) is 73.0 Å². The minimum Gasteiger partial charge on any atom is -0.497 e. The van der Waals surface area contributed by atoms with E-state index < -0.39 is 0 Å². The fourth-order valence-electron chi connectivity index (χ4n) is 3.16. The van der Waals surface area contributed by atoms with Crippen molar-refractivity contribution in [2.24, 2.45) is 0 Å². The van der Waals surface area contributed by atoms with Gasteiger partial charge >= 0.3 is 0 Å². The molecule has 0 N–H and O–H groups in total. The summed E-state index contributed by atoms with van der Waals surface area (Å²) in [6, 6.07) is 15.8. The number of thioether (sulfide) groups is 1. The average molecular weight is 450 g/mol. The number of thiazole rings is 1. The Kier molecular flexibility index (Phi) is 6.53.